The number of carbonyl (C=O) groups is 1. The van der Waals surface area contributed by atoms with Gasteiger partial charge in [-0.1, -0.05) is 0 Å². The van der Waals surface area contributed by atoms with Crippen LogP contribution >= 0.6 is 0 Å². The van der Waals surface area contributed by atoms with E-state index in [0.29, 0.717) is 0 Å². The highest BCUT2D eigenvalue weighted by Crippen LogP contribution is 2.26. The van der Waals surface area contributed by atoms with Crippen LogP contribution in [0.3, 0.4) is 0 Å². The topological polar surface area (TPSA) is 67.2 Å². The number of nitrogen functional groups attached to an aromatic ring is 1. The summed E-state index contributed by atoms with van der Waals surface area (Å²) in [6, 6.07) is 2.23. The van der Waals surface area contributed by atoms with Gasteiger partial charge in [-0.15, -0.1) is 0 Å². The van der Waals surface area contributed by atoms with Crippen molar-refractivity contribution < 1.29 is 13.6 Å². The van der Waals surface area contributed by atoms with Crippen LogP contribution in [-0.2, 0) is 4.79 Å². The molecular weight excluding hydrogens is 240 g/mol. The molecule has 0 aliphatic rings. The number of carbonyl (C=O) groups excluding carboxylic acids is 1. The van der Waals surface area contributed by atoms with Gasteiger partial charge in [-0.05, 0) is 26.0 Å². The second kappa shape index (κ2) is 5.20. The first-order valence-corrected chi connectivity index (χ1v) is 5.49. The Morgan fingerprint density at radius 3 is 2.56 bits per heavy atom. The third kappa shape index (κ3) is 2.88. The lowest BCUT2D eigenvalue weighted by Gasteiger charge is -2.24. The maximum absolute atomic E-state index is 13.5. The molecule has 1 aromatic rings. The first-order chi connectivity index (χ1) is 8.29. The number of nitrogens with two attached hydrogens (primary N) is 1. The number of amides is 1. The van der Waals surface area contributed by atoms with Gasteiger partial charge in [-0.3, -0.25) is 4.79 Å². The van der Waals surface area contributed by atoms with Crippen molar-refractivity contribution in [2.45, 2.75) is 13.8 Å². The molecule has 0 fully saturated rings. The minimum atomic E-state index is -1.04. The quantitative estimate of drug-likeness (QED) is 0.720. The maximum atomic E-state index is 13.5. The van der Waals surface area contributed by atoms with Gasteiger partial charge < -0.3 is 16.4 Å². The van der Waals surface area contributed by atoms with Gasteiger partial charge in [0.05, 0.1) is 16.8 Å². The fourth-order valence-corrected chi connectivity index (χ4v) is 1.47. The zero-order valence-corrected chi connectivity index (χ0v) is 10.6. The predicted octanol–water partition coefficient (Wildman–Crippen LogP) is 1.73. The highest BCUT2D eigenvalue weighted by molar-refractivity contribution is 5.82. The van der Waals surface area contributed by atoms with Crippen LogP contribution in [0.15, 0.2) is 12.1 Å². The standard InChI is InChI=1S/C12H17F2N3O/c1-12(2,11(18)16-3)6-17-10-8(15)5-4-7(13)9(10)14/h4-5,17H,6,15H2,1-3H3,(H,16,18). The molecule has 0 saturated heterocycles. The van der Waals surface area contributed by atoms with Gasteiger partial charge in [-0.25, -0.2) is 8.78 Å². The molecule has 100 valence electrons. The van der Waals surface area contributed by atoms with Crippen molar-refractivity contribution >= 4 is 17.3 Å². The maximum Gasteiger partial charge on any atom is 0.227 e. The van der Waals surface area contributed by atoms with E-state index in [0.717, 1.165) is 6.07 Å². The Kier molecular flexibility index (Phi) is 4.11. The van der Waals surface area contributed by atoms with Crippen LogP contribution in [0.25, 0.3) is 0 Å². The molecule has 0 radical (unpaired) electrons. The lowest BCUT2D eigenvalue weighted by atomic mass is 9.92. The second-order valence-corrected chi connectivity index (χ2v) is 4.64. The second-order valence-electron chi connectivity index (χ2n) is 4.64. The Hall–Kier alpha value is -1.85. The van der Waals surface area contributed by atoms with Gasteiger partial charge >= 0.3 is 0 Å². The number of rotatable bonds is 4. The molecule has 0 bridgehead atoms. The third-order valence-electron chi connectivity index (χ3n) is 2.68. The number of benzene rings is 1. The zero-order chi connectivity index (χ0) is 13.9. The van der Waals surface area contributed by atoms with E-state index in [2.05, 4.69) is 10.6 Å². The monoisotopic (exact) mass is 257 g/mol. The first kappa shape index (κ1) is 14.2. The van der Waals surface area contributed by atoms with Crippen molar-refractivity contribution in [2.75, 3.05) is 24.6 Å². The van der Waals surface area contributed by atoms with Crippen LogP contribution < -0.4 is 16.4 Å². The van der Waals surface area contributed by atoms with E-state index >= 15 is 0 Å². The SMILES string of the molecule is CNC(=O)C(C)(C)CNc1c(N)ccc(F)c1F. The first-order valence-electron chi connectivity index (χ1n) is 5.49. The molecule has 4 nitrogen and oxygen atoms in total. The summed E-state index contributed by atoms with van der Waals surface area (Å²) in [5.41, 5.74) is 4.77. The summed E-state index contributed by atoms with van der Waals surface area (Å²) in [4.78, 5) is 11.5. The highest BCUT2D eigenvalue weighted by Gasteiger charge is 2.27. The number of nitrogens with one attached hydrogen (secondary N) is 2. The number of hydrogen-bond acceptors (Lipinski definition) is 3. The van der Waals surface area contributed by atoms with Crippen LogP contribution in [0.2, 0.25) is 0 Å². The van der Waals surface area contributed by atoms with E-state index in [4.69, 9.17) is 5.73 Å². The van der Waals surface area contributed by atoms with Crippen molar-refractivity contribution in [1.29, 1.82) is 0 Å². The van der Waals surface area contributed by atoms with Crippen molar-refractivity contribution in [3.8, 4) is 0 Å². The van der Waals surface area contributed by atoms with Crippen LogP contribution in [-0.4, -0.2) is 19.5 Å². The fraction of sp³-hybridized carbons (Fsp3) is 0.417. The van der Waals surface area contributed by atoms with Gasteiger partial charge in [0.15, 0.2) is 11.6 Å². The minimum absolute atomic E-state index is 0.0987. The molecule has 0 saturated carbocycles. The summed E-state index contributed by atoms with van der Waals surface area (Å²) < 4.78 is 26.6. The summed E-state index contributed by atoms with van der Waals surface area (Å²) in [6.07, 6.45) is 0. The van der Waals surface area contributed by atoms with E-state index < -0.39 is 17.0 Å². The molecular formula is C12H17F2N3O. The molecule has 1 amide bonds. The van der Waals surface area contributed by atoms with Crippen molar-refractivity contribution in [1.82, 2.24) is 5.32 Å². The van der Waals surface area contributed by atoms with Crippen molar-refractivity contribution in [2.24, 2.45) is 5.41 Å². The Morgan fingerprint density at radius 2 is 2.00 bits per heavy atom. The number of halogens is 2. The lowest BCUT2D eigenvalue weighted by molar-refractivity contribution is -0.128. The minimum Gasteiger partial charge on any atom is -0.397 e. The van der Waals surface area contributed by atoms with Crippen LogP contribution in [0.1, 0.15) is 13.8 Å². The molecule has 4 N–H and O–H groups in total. The molecule has 0 atom stereocenters. The van der Waals surface area contributed by atoms with Crippen molar-refractivity contribution in [3.63, 3.8) is 0 Å². The van der Waals surface area contributed by atoms with E-state index in [-0.39, 0.29) is 23.8 Å². The molecule has 1 rings (SSSR count). The lowest BCUT2D eigenvalue weighted by Crippen LogP contribution is -2.39. The average Bonchev–Trinajstić information content (AvgIpc) is 2.32. The van der Waals surface area contributed by atoms with Crippen LogP contribution in [0.5, 0.6) is 0 Å². The van der Waals surface area contributed by atoms with Gasteiger partial charge in [0.2, 0.25) is 5.91 Å². The number of hydrogen-bond donors (Lipinski definition) is 3. The van der Waals surface area contributed by atoms with Gasteiger partial charge in [0.1, 0.15) is 0 Å². The molecule has 18 heavy (non-hydrogen) atoms. The molecule has 1 aromatic carbocycles. The third-order valence-corrected chi connectivity index (χ3v) is 2.68. The molecule has 0 unspecified atom stereocenters. The summed E-state index contributed by atoms with van der Waals surface area (Å²) >= 11 is 0. The van der Waals surface area contributed by atoms with Crippen molar-refractivity contribution in [3.05, 3.63) is 23.8 Å². The fourth-order valence-electron chi connectivity index (χ4n) is 1.47. The summed E-state index contributed by atoms with van der Waals surface area (Å²) in [5.74, 6) is -2.22. The van der Waals surface area contributed by atoms with E-state index in [1.54, 1.807) is 13.8 Å². The Labute approximate surface area is 105 Å². The normalized spacial score (nSPS) is 11.2. The zero-order valence-electron chi connectivity index (χ0n) is 10.6. The Morgan fingerprint density at radius 1 is 1.39 bits per heavy atom. The van der Waals surface area contributed by atoms with E-state index in [1.165, 1.54) is 13.1 Å². The molecule has 0 aromatic heterocycles. The van der Waals surface area contributed by atoms with Gasteiger partial charge in [0.25, 0.3) is 0 Å². The highest BCUT2D eigenvalue weighted by atomic mass is 19.2. The molecule has 0 heterocycles. The Bertz CT molecular complexity index is 461. The summed E-state index contributed by atoms with van der Waals surface area (Å²) in [7, 11) is 1.52. The van der Waals surface area contributed by atoms with Gasteiger partial charge in [-0.2, -0.15) is 0 Å². The van der Waals surface area contributed by atoms with E-state index in [1.807, 2.05) is 0 Å². The van der Waals surface area contributed by atoms with Gasteiger partial charge in [0, 0.05) is 13.6 Å². The predicted molar refractivity (Wildman–Crippen MR) is 67.1 cm³/mol. The molecule has 6 heteroatoms. The summed E-state index contributed by atoms with van der Waals surface area (Å²) in [5, 5.41) is 5.18. The smallest absolute Gasteiger partial charge is 0.227 e. The molecule has 0 spiro atoms. The van der Waals surface area contributed by atoms with Crippen LogP contribution in [0, 0.1) is 17.0 Å². The largest absolute Gasteiger partial charge is 0.397 e. The van der Waals surface area contributed by atoms with E-state index in [9.17, 15) is 13.6 Å². The summed E-state index contributed by atoms with van der Waals surface area (Å²) in [6.45, 7) is 3.51. The molecule has 0 aliphatic heterocycles. The Balaban J connectivity index is 2.87. The average molecular weight is 257 g/mol. The van der Waals surface area contributed by atoms with Crippen LogP contribution in [0.4, 0.5) is 20.2 Å². The molecule has 0 aliphatic carbocycles. The number of anilines is 2.